The molecule has 0 aromatic heterocycles. The minimum absolute atomic E-state index is 0.128. The number of rotatable bonds is 7. The Morgan fingerprint density at radius 1 is 1.35 bits per heavy atom. The van der Waals surface area contributed by atoms with Crippen LogP contribution in [0.5, 0.6) is 11.5 Å². The average Bonchev–Trinajstić information content (AvgIpc) is 2.97. The summed E-state index contributed by atoms with van der Waals surface area (Å²) in [5.41, 5.74) is 0.894. The van der Waals surface area contributed by atoms with Gasteiger partial charge < -0.3 is 20.1 Å². The molecule has 1 aromatic carbocycles. The molecule has 1 heterocycles. The van der Waals surface area contributed by atoms with Gasteiger partial charge in [0.15, 0.2) is 0 Å². The monoisotopic (exact) mass is 278 g/mol. The van der Waals surface area contributed by atoms with Crippen molar-refractivity contribution in [3.63, 3.8) is 0 Å². The van der Waals surface area contributed by atoms with Gasteiger partial charge in [-0.25, -0.2) is 0 Å². The molecule has 1 aliphatic heterocycles. The predicted octanol–water partition coefficient (Wildman–Crippen LogP) is 2.54. The minimum Gasteiger partial charge on any atom is -0.508 e. The number of hydrogen-bond donors (Lipinski definition) is 2. The second-order valence-corrected chi connectivity index (χ2v) is 5.50. The van der Waals surface area contributed by atoms with Gasteiger partial charge in [0, 0.05) is 11.6 Å². The van der Waals surface area contributed by atoms with Crippen LogP contribution in [0.2, 0.25) is 0 Å². The Hall–Kier alpha value is -1.26. The van der Waals surface area contributed by atoms with Crippen molar-refractivity contribution in [2.24, 2.45) is 0 Å². The third-order valence-electron chi connectivity index (χ3n) is 4.00. The molecule has 2 N–H and O–H groups in total. The molecule has 1 unspecified atom stereocenters. The molecule has 2 rings (SSSR count). The molecule has 1 aliphatic rings. The summed E-state index contributed by atoms with van der Waals surface area (Å²) in [6.45, 7) is 6.72. The van der Waals surface area contributed by atoms with Gasteiger partial charge >= 0.3 is 0 Å². The maximum Gasteiger partial charge on any atom is 0.120 e. The van der Waals surface area contributed by atoms with E-state index in [1.54, 1.807) is 19.2 Å². The quantitative estimate of drug-likeness (QED) is 0.752. The summed E-state index contributed by atoms with van der Waals surface area (Å²) in [5, 5.41) is 13.4. The Labute approximate surface area is 121 Å². The summed E-state index contributed by atoms with van der Waals surface area (Å²) in [6.07, 6.45) is 3.85. The normalized spacial score (nSPS) is 17.3. The lowest BCUT2D eigenvalue weighted by Crippen LogP contribution is -2.26. The standard InChI is InChI=1S/C16H26N2O2/c1-13(15-12-14(20-2)6-7-16(15)19)17-8-5-11-18-9-3-4-10-18/h6-7,12-13,17,19H,3-5,8-11H2,1-2H3. The van der Waals surface area contributed by atoms with Gasteiger partial charge in [0.05, 0.1) is 7.11 Å². The molecule has 0 amide bonds. The molecule has 20 heavy (non-hydrogen) atoms. The summed E-state index contributed by atoms with van der Waals surface area (Å²) in [6, 6.07) is 5.49. The fourth-order valence-electron chi connectivity index (χ4n) is 2.74. The Morgan fingerprint density at radius 3 is 2.80 bits per heavy atom. The van der Waals surface area contributed by atoms with Crippen LogP contribution in [-0.4, -0.2) is 43.3 Å². The molecule has 4 nitrogen and oxygen atoms in total. The fourth-order valence-corrected chi connectivity index (χ4v) is 2.74. The Bertz CT molecular complexity index is 417. The summed E-state index contributed by atoms with van der Waals surface area (Å²) in [7, 11) is 1.64. The SMILES string of the molecule is COc1ccc(O)c(C(C)NCCCN2CCCC2)c1. The largest absolute Gasteiger partial charge is 0.508 e. The van der Waals surface area contributed by atoms with Crippen molar-refractivity contribution in [3.8, 4) is 11.5 Å². The number of benzene rings is 1. The third-order valence-corrected chi connectivity index (χ3v) is 4.00. The molecule has 1 fully saturated rings. The van der Waals surface area contributed by atoms with Crippen molar-refractivity contribution in [1.82, 2.24) is 10.2 Å². The van der Waals surface area contributed by atoms with Crippen molar-refractivity contribution >= 4 is 0 Å². The zero-order valence-corrected chi connectivity index (χ0v) is 12.6. The molecule has 1 atom stereocenters. The molecule has 1 aromatic rings. The number of ether oxygens (including phenoxy) is 1. The van der Waals surface area contributed by atoms with Gasteiger partial charge in [-0.3, -0.25) is 0 Å². The van der Waals surface area contributed by atoms with E-state index in [9.17, 15) is 5.11 Å². The molecule has 0 spiro atoms. The molecule has 0 bridgehead atoms. The number of methoxy groups -OCH3 is 1. The fraction of sp³-hybridized carbons (Fsp3) is 0.625. The second-order valence-electron chi connectivity index (χ2n) is 5.50. The van der Waals surface area contributed by atoms with E-state index in [-0.39, 0.29) is 6.04 Å². The number of phenols is 1. The van der Waals surface area contributed by atoms with Crippen LogP contribution in [0.25, 0.3) is 0 Å². The highest BCUT2D eigenvalue weighted by atomic mass is 16.5. The van der Waals surface area contributed by atoms with Crippen molar-refractivity contribution in [1.29, 1.82) is 0 Å². The van der Waals surface area contributed by atoms with Gasteiger partial charge in [0.2, 0.25) is 0 Å². The molecular weight excluding hydrogens is 252 g/mol. The Kier molecular flexibility index (Phi) is 5.68. The van der Waals surface area contributed by atoms with Crippen LogP contribution in [-0.2, 0) is 0 Å². The lowest BCUT2D eigenvalue weighted by molar-refractivity contribution is 0.328. The number of phenolic OH excluding ortho intramolecular Hbond substituents is 1. The number of likely N-dealkylation sites (tertiary alicyclic amines) is 1. The third kappa shape index (κ3) is 4.12. The Balaban J connectivity index is 1.77. The average molecular weight is 278 g/mol. The van der Waals surface area contributed by atoms with Crippen LogP contribution in [0, 0.1) is 0 Å². The van der Waals surface area contributed by atoms with Gasteiger partial charge in [-0.2, -0.15) is 0 Å². The molecule has 112 valence electrons. The van der Waals surface area contributed by atoms with Crippen molar-refractivity contribution in [3.05, 3.63) is 23.8 Å². The maximum absolute atomic E-state index is 9.93. The van der Waals surface area contributed by atoms with E-state index in [4.69, 9.17) is 4.74 Å². The first-order chi connectivity index (χ1) is 9.70. The number of nitrogens with one attached hydrogen (secondary N) is 1. The van der Waals surface area contributed by atoms with Crippen LogP contribution in [0.1, 0.15) is 37.8 Å². The summed E-state index contributed by atoms with van der Waals surface area (Å²) >= 11 is 0. The summed E-state index contributed by atoms with van der Waals surface area (Å²) in [5.74, 6) is 1.11. The van der Waals surface area contributed by atoms with E-state index < -0.39 is 0 Å². The van der Waals surface area contributed by atoms with E-state index in [0.29, 0.717) is 5.75 Å². The molecule has 0 aliphatic carbocycles. The van der Waals surface area contributed by atoms with E-state index in [1.165, 1.54) is 32.5 Å². The lowest BCUT2D eigenvalue weighted by Gasteiger charge is -2.18. The van der Waals surface area contributed by atoms with Gasteiger partial charge in [-0.1, -0.05) is 0 Å². The van der Waals surface area contributed by atoms with Gasteiger partial charge in [-0.15, -0.1) is 0 Å². The highest BCUT2D eigenvalue weighted by Crippen LogP contribution is 2.28. The van der Waals surface area contributed by atoms with Crippen molar-refractivity contribution in [2.75, 3.05) is 33.3 Å². The van der Waals surface area contributed by atoms with E-state index >= 15 is 0 Å². The first-order valence-electron chi connectivity index (χ1n) is 7.53. The lowest BCUT2D eigenvalue weighted by atomic mass is 10.1. The van der Waals surface area contributed by atoms with Crippen LogP contribution in [0.4, 0.5) is 0 Å². The molecule has 4 heteroatoms. The van der Waals surface area contributed by atoms with Crippen LogP contribution in [0.15, 0.2) is 18.2 Å². The van der Waals surface area contributed by atoms with Crippen LogP contribution in [0.3, 0.4) is 0 Å². The van der Waals surface area contributed by atoms with Crippen LogP contribution >= 0.6 is 0 Å². The maximum atomic E-state index is 9.93. The number of nitrogens with zero attached hydrogens (tertiary/aromatic N) is 1. The number of hydrogen-bond acceptors (Lipinski definition) is 4. The van der Waals surface area contributed by atoms with Crippen LogP contribution < -0.4 is 10.1 Å². The topological polar surface area (TPSA) is 44.7 Å². The molecular formula is C16H26N2O2. The second kappa shape index (κ2) is 7.50. The first kappa shape index (κ1) is 15.1. The predicted molar refractivity (Wildman–Crippen MR) is 81.4 cm³/mol. The highest BCUT2D eigenvalue weighted by Gasteiger charge is 2.13. The molecule has 0 radical (unpaired) electrons. The van der Waals surface area contributed by atoms with E-state index in [0.717, 1.165) is 24.3 Å². The van der Waals surface area contributed by atoms with Gasteiger partial charge in [-0.05, 0) is 70.6 Å². The van der Waals surface area contributed by atoms with Crippen molar-refractivity contribution < 1.29 is 9.84 Å². The van der Waals surface area contributed by atoms with E-state index in [1.807, 2.05) is 6.07 Å². The molecule has 0 saturated carbocycles. The Morgan fingerprint density at radius 2 is 2.10 bits per heavy atom. The number of aromatic hydroxyl groups is 1. The van der Waals surface area contributed by atoms with Gasteiger partial charge in [0.25, 0.3) is 0 Å². The van der Waals surface area contributed by atoms with Gasteiger partial charge in [0.1, 0.15) is 11.5 Å². The first-order valence-corrected chi connectivity index (χ1v) is 7.53. The zero-order valence-electron chi connectivity index (χ0n) is 12.6. The van der Waals surface area contributed by atoms with E-state index in [2.05, 4.69) is 17.1 Å². The molecule has 1 saturated heterocycles. The minimum atomic E-state index is 0.128. The summed E-state index contributed by atoms with van der Waals surface area (Å²) < 4.78 is 5.21. The highest BCUT2D eigenvalue weighted by molar-refractivity contribution is 5.41. The smallest absolute Gasteiger partial charge is 0.120 e. The summed E-state index contributed by atoms with van der Waals surface area (Å²) in [4.78, 5) is 2.52. The van der Waals surface area contributed by atoms with Crippen molar-refractivity contribution in [2.45, 2.75) is 32.2 Å². The zero-order chi connectivity index (χ0) is 14.4.